The summed E-state index contributed by atoms with van der Waals surface area (Å²) in [5.41, 5.74) is 0. The monoisotopic (exact) mass is 406 g/mol. The molecule has 0 unspecified atom stereocenters. The molecule has 8 heteroatoms. The van der Waals surface area contributed by atoms with Crippen LogP contribution < -0.4 is 20.4 Å². The Bertz CT molecular complexity index is 601. The van der Waals surface area contributed by atoms with Gasteiger partial charge in [-0.3, -0.25) is 0 Å². The summed E-state index contributed by atoms with van der Waals surface area (Å²) in [6.45, 7) is 10.1. The molecule has 3 rings (SSSR count). The van der Waals surface area contributed by atoms with Gasteiger partial charge in [-0.1, -0.05) is 13.8 Å². The maximum Gasteiger partial charge on any atom is 0.232 e. The quantitative estimate of drug-likeness (QED) is 0.552. The van der Waals surface area contributed by atoms with Gasteiger partial charge in [0.2, 0.25) is 5.95 Å². The van der Waals surface area contributed by atoms with Gasteiger partial charge in [0.15, 0.2) is 5.11 Å². The average Bonchev–Trinajstić information content (AvgIpc) is 2.69. The first kappa shape index (κ1) is 21.0. The van der Waals surface area contributed by atoms with Crippen LogP contribution in [0.25, 0.3) is 0 Å². The Morgan fingerprint density at radius 3 is 2.00 bits per heavy atom. The first-order valence-electron chi connectivity index (χ1n) is 10.5. The van der Waals surface area contributed by atoms with Gasteiger partial charge < -0.3 is 25.2 Å². The summed E-state index contributed by atoms with van der Waals surface area (Å²) in [6, 6.07) is 2.15. The summed E-state index contributed by atoms with van der Waals surface area (Å²) in [4.78, 5) is 14.3. The number of thiocarbonyl (C=S) groups is 1. The molecular formula is C20H34N6OS. The predicted molar refractivity (Wildman–Crippen MR) is 119 cm³/mol. The van der Waals surface area contributed by atoms with Crippen molar-refractivity contribution in [2.75, 3.05) is 61.6 Å². The Balaban J connectivity index is 1.76. The van der Waals surface area contributed by atoms with Gasteiger partial charge in [-0.05, 0) is 49.7 Å². The Morgan fingerprint density at radius 1 is 1.04 bits per heavy atom. The van der Waals surface area contributed by atoms with Gasteiger partial charge in [0.1, 0.15) is 11.6 Å². The largest absolute Gasteiger partial charge is 0.383 e. The van der Waals surface area contributed by atoms with E-state index in [9.17, 15) is 0 Å². The highest BCUT2D eigenvalue weighted by atomic mass is 32.1. The Labute approximate surface area is 174 Å². The molecule has 1 aromatic rings. The summed E-state index contributed by atoms with van der Waals surface area (Å²) in [5, 5.41) is 6.82. The zero-order chi connectivity index (χ0) is 19.9. The second kappa shape index (κ2) is 10.2. The van der Waals surface area contributed by atoms with Gasteiger partial charge in [0.25, 0.3) is 0 Å². The molecule has 2 N–H and O–H groups in total. The topological polar surface area (TPSA) is 65.6 Å². The molecule has 0 atom stereocenters. The molecule has 156 valence electrons. The molecule has 3 heterocycles. The molecule has 0 saturated carbocycles. The molecule has 0 radical (unpaired) electrons. The first-order chi connectivity index (χ1) is 13.5. The van der Waals surface area contributed by atoms with Crippen molar-refractivity contribution in [3.63, 3.8) is 0 Å². The normalized spacial score (nSPS) is 19.0. The number of piperidine rings is 2. The van der Waals surface area contributed by atoms with Crippen molar-refractivity contribution in [3.8, 4) is 0 Å². The minimum Gasteiger partial charge on any atom is -0.383 e. The highest BCUT2D eigenvalue weighted by molar-refractivity contribution is 7.80. The number of hydrogen-bond donors (Lipinski definition) is 2. The van der Waals surface area contributed by atoms with Crippen molar-refractivity contribution in [2.24, 2.45) is 11.8 Å². The zero-order valence-corrected chi connectivity index (χ0v) is 18.2. The van der Waals surface area contributed by atoms with Crippen LogP contribution in [0.1, 0.15) is 39.5 Å². The van der Waals surface area contributed by atoms with Gasteiger partial charge >= 0.3 is 0 Å². The van der Waals surface area contributed by atoms with E-state index in [1.807, 2.05) is 0 Å². The van der Waals surface area contributed by atoms with Gasteiger partial charge in [-0.2, -0.15) is 9.97 Å². The van der Waals surface area contributed by atoms with Gasteiger partial charge in [-0.25, -0.2) is 0 Å². The van der Waals surface area contributed by atoms with E-state index < -0.39 is 0 Å². The minimum absolute atomic E-state index is 0.527. The fraction of sp³-hybridized carbons (Fsp3) is 0.750. The van der Waals surface area contributed by atoms with Crippen molar-refractivity contribution in [1.82, 2.24) is 15.3 Å². The number of ether oxygens (including phenoxy) is 1. The summed E-state index contributed by atoms with van der Waals surface area (Å²) >= 11 is 5.39. The third kappa shape index (κ3) is 5.91. The molecular weight excluding hydrogens is 372 g/mol. The number of aromatic nitrogens is 2. The van der Waals surface area contributed by atoms with E-state index in [0.717, 1.165) is 49.7 Å². The lowest BCUT2D eigenvalue weighted by Crippen LogP contribution is -2.36. The number of rotatable bonds is 6. The van der Waals surface area contributed by atoms with E-state index in [1.165, 1.54) is 25.7 Å². The second-order valence-electron chi connectivity index (χ2n) is 8.12. The molecule has 0 aromatic carbocycles. The number of methoxy groups -OCH3 is 1. The molecule has 2 aliphatic heterocycles. The van der Waals surface area contributed by atoms with Crippen LogP contribution in [0.2, 0.25) is 0 Å². The highest BCUT2D eigenvalue weighted by Gasteiger charge is 2.22. The second-order valence-corrected chi connectivity index (χ2v) is 8.53. The van der Waals surface area contributed by atoms with Crippen LogP contribution >= 0.6 is 12.2 Å². The van der Waals surface area contributed by atoms with E-state index in [-0.39, 0.29) is 0 Å². The number of nitrogens with one attached hydrogen (secondary N) is 2. The lowest BCUT2D eigenvalue weighted by Gasteiger charge is -2.34. The van der Waals surface area contributed by atoms with Crippen molar-refractivity contribution >= 4 is 34.9 Å². The number of anilines is 3. The van der Waals surface area contributed by atoms with E-state index in [0.29, 0.717) is 24.2 Å². The van der Waals surface area contributed by atoms with Crippen molar-refractivity contribution in [2.45, 2.75) is 39.5 Å². The Morgan fingerprint density at radius 2 is 1.54 bits per heavy atom. The fourth-order valence-electron chi connectivity index (χ4n) is 3.69. The van der Waals surface area contributed by atoms with Crippen LogP contribution in [-0.4, -0.2) is 61.5 Å². The SMILES string of the molecule is COCCNC(=S)Nc1nc(N2CCC(C)CC2)cc(N2CCC(C)CC2)n1. The van der Waals surface area contributed by atoms with Crippen LogP contribution in [0.4, 0.5) is 17.6 Å². The lowest BCUT2D eigenvalue weighted by atomic mass is 9.99. The maximum absolute atomic E-state index is 5.39. The molecule has 2 aliphatic rings. The molecule has 0 amide bonds. The molecule has 7 nitrogen and oxygen atoms in total. The van der Waals surface area contributed by atoms with Crippen LogP contribution in [0.3, 0.4) is 0 Å². The lowest BCUT2D eigenvalue weighted by molar-refractivity contribution is 0.204. The van der Waals surface area contributed by atoms with Crippen LogP contribution in [0.5, 0.6) is 0 Å². The van der Waals surface area contributed by atoms with Gasteiger partial charge in [-0.15, -0.1) is 0 Å². The molecule has 0 aliphatic carbocycles. The van der Waals surface area contributed by atoms with Crippen LogP contribution in [0.15, 0.2) is 6.07 Å². The van der Waals surface area contributed by atoms with Crippen LogP contribution in [0, 0.1) is 11.8 Å². The minimum atomic E-state index is 0.527. The smallest absolute Gasteiger partial charge is 0.232 e. The summed E-state index contributed by atoms with van der Waals surface area (Å²) in [7, 11) is 1.68. The average molecular weight is 407 g/mol. The van der Waals surface area contributed by atoms with Crippen molar-refractivity contribution < 1.29 is 4.74 Å². The summed E-state index contributed by atoms with van der Waals surface area (Å²) in [6.07, 6.45) is 4.83. The summed E-state index contributed by atoms with van der Waals surface area (Å²) < 4.78 is 5.06. The first-order valence-corrected chi connectivity index (χ1v) is 10.9. The third-order valence-corrected chi connectivity index (χ3v) is 5.98. The summed E-state index contributed by atoms with van der Waals surface area (Å²) in [5.74, 6) is 4.14. The van der Waals surface area contributed by atoms with Crippen LogP contribution in [-0.2, 0) is 4.74 Å². The van der Waals surface area contributed by atoms with Gasteiger partial charge in [0, 0.05) is 45.9 Å². The molecule has 28 heavy (non-hydrogen) atoms. The van der Waals surface area contributed by atoms with E-state index in [1.54, 1.807) is 7.11 Å². The molecule has 0 spiro atoms. The number of hydrogen-bond acceptors (Lipinski definition) is 6. The zero-order valence-electron chi connectivity index (χ0n) is 17.4. The maximum atomic E-state index is 5.39. The predicted octanol–water partition coefficient (Wildman–Crippen LogP) is 2.88. The molecule has 2 fully saturated rings. The molecule has 0 bridgehead atoms. The highest BCUT2D eigenvalue weighted by Crippen LogP contribution is 2.28. The molecule has 2 saturated heterocycles. The number of nitrogens with zero attached hydrogens (tertiary/aromatic N) is 4. The fourth-order valence-corrected chi connectivity index (χ4v) is 3.88. The third-order valence-electron chi connectivity index (χ3n) is 5.73. The van der Waals surface area contributed by atoms with E-state index in [2.05, 4.69) is 40.3 Å². The Kier molecular flexibility index (Phi) is 7.67. The standard InChI is InChI=1S/C20H34N6OS/c1-15-4-9-25(10-5-15)17-14-18(26-11-6-16(2)7-12-26)23-19(22-17)24-20(28)21-8-13-27-3/h14-16H,4-13H2,1-3H3,(H2,21,22,23,24,28). The molecule has 1 aromatic heterocycles. The van der Waals surface area contributed by atoms with Crippen molar-refractivity contribution in [1.29, 1.82) is 0 Å². The van der Waals surface area contributed by atoms with E-state index in [4.69, 9.17) is 26.9 Å². The van der Waals surface area contributed by atoms with Gasteiger partial charge in [0.05, 0.1) is 6.61 Å². The Hall–Kier alpha value is -1.67. The van der Waals surface area contributed by atoms with E-state index >= 15 is 0 Å². The van der Waals surface area contributed by atoms with Crippen molar-refractivity contribution in [3.05, 3.63) is 6.07 Å².